The van der Waals surface area contributed by atoms with Gasteiger partial charge in [-0.2, -0.15) is 0 Å². The maximum absolute atomic E-state index is 12.0. The van der Waals surface area contributed by atoms with E-state index in [0.717, 1.165) is 37.1 Å². The second-order valence-electron chi connectivity index (χ2n) is 4.87. The molecule has 18 heavy (non-hydrogen) atoms. The number of piperidine rings is 1. The molecule has 1 aliphatic rings. The summed E-state index contributed by atoms with van der Waals surface area (Å²) in [4.78, 5) is 12.0. The van der Waals surface area contributed by atoms with Crippen molar-refractivity contribution in [1.82, 2.24) is 10.6 Å². The van der Waals surface area contributed by atoms with Crippen molar-refractivity contribution in [3.05, 3.63) is 42.0 Å². The Bertz CT molecular complexity index is 430. The molecule has 0 aliphatic carbocycles. The third-order valence-corrected chi connectivity index (χ3v) is 3.27. The van der Waals surface area contributed by atoms with Crippen LogP contribution in [0.15, 0.2) is 30.8 Å². The van der Waals surface area contributed by atoms with Crippen molar-refractivity contribution < 1.29 is 4.79 Å². The lowest BCUT2D eigenvalue weighted by Crippen LogP contribution is -2.45. The van der Waals surface area contributed by atoms with E-state index in [2.05, 4.69) is 17.2 Å². The molecule has 1 heterocycles. The van der Waals surface area contributed by atoms with Gasteiger partial charge in [-0.05, 0) is 44.0 Å². The minimum Gasteiger partial charge on any atom is -0.348 e. The Morgan fingerprint density at radius 1 is 1.33 bits per heavy atom. The van der Waals surface area contributed by atoms with E-state index >= 15 is 0 Å². The fourth-order valence-corrected chi connectivity index (χ4v) is 2.15. The van der Waals surface area contributed by atoms with Crippen LogP contribution in [0.25, 0.3) is 5.57 Å². The number of carbonyl (C=O) groups is 1. The van der Waals surface area contributed by atoms with Gasteiger partial charge < -0.3 is 10.6 Å². The Morgan fingerprint density at radius 3 is 2.56 bits per heavy atom. The molecule has 1 amide bonds. The number of rotatable bonds is 3. The molecular formula is C15H20N2O. The van der Waals surface area contributed by atoms with Crippen molar-refractivity contribution >= 4 is 11.5 Å². The van der Waals surface area contributed by atoms with Gasteiger partial charge in [-0.1, -0.05) is 24.3 Å². The molecule has 0 radical (unpaired) electrons. The highest BCUT2D eigenvalue weighted by Gasteiger charge is 2.16. The van der Waals surface area contributed by atoms with Gasteiger partial charge in [0.2, 0.25) is 0 Å². The molecule has 0 spiro atoms. The van der Waals surface area contributed by atoms with Gasteiger partial charge in [0.05, 0.1) is 0 Å². The van der Waals surface area contributed by atoms with E-state index in [4.69, 9.17) is 0 Å². The van der Waals surface area contributed by atoms with Crippen LogP contribution in [0.3, 0.4) is 0 Å². The molecular weight excluding hydrogens is 224 g/mol. The maximum atomic E-state index is 12.0. The minimum absolute atomic E-state index is 0.0111. The number of allylic oxidation sites excluding steroid dienone is 1. The molecule has 0 bridgehead atoms. The second-order valence-corrected chi connectivity index (χ2v) is 4.87. The summed E-state index contributed by atoms with van der Waals surface area (Å²) in [6.07, 6.45) is 2.18. The number of hydrogen-bond acceptors (Lipinski definition) is 2. The zero-order valence-electron chi connectivity index (χ0n) is 10.8. The molecule has 1 aromatic carbocycles. The summed E-state index contributed by atoms with van der Waals surface area (Å²) >= 11 is 0. The second kappa shape index (κ2) is 5.83. The first-order valence-corrected chi connectivity index (χ1v) is 6.44. The van der Waals surface area contributed by atoms with E-state index in [-0.39, 0.29) is 11.9 Å². The lowest BCUT2D eigenvalue weighted by Gasteiger charge is -2.23. The van der Waals surface area contributed by atoms with E-state index < -0.39 is 0 Å². The summed E-state index contributed by atoms with van der Waals surface area (Å²) in [6.45, 7) is 7.77. The molecule has 2 N–H and O–H groups in total. The van der Waals surface area contributed by atoms with Crippen LogP contribution in [-0.4, -0.2) is 25.0 Å². The van der Waals surface area contributed by atoms with Gasteiger partial charge in [0.15, 0.2) is 0 Å². The minimum atomic E-state index is 0.0111. The largest absolute Gasteiger partial charge is 0.348 e. The molecule has 2 rings (SSSR count). The highest BCUT2D eigenvalue weighted by atomic mass is 16.1. The van der Waals surface area contributed by atoms with Gasteiger partial charge in [-0.3, -0.25) is 4.79 Å². The first-order valence-electron chi connectivity index (χ1n) is 6.44. The number of carbonyl (C=O) groups excluding carboxylic acids is 1. The van der Waals surface area contributed by atoms with E-state index in [9.17, 15) is 4.79 Å². The Balaban J connectivity index is 1.97. The first-order chi connectivity index (χ1) is 8.66. The molecule has 1 unspecified atom stereocenters. The first kappa shape index (κ1) is 12.8. The molecule has 1 fully saturated rings. The van der Waals surface area contributed by atoms with Crippen LogP contribution in [0.1, 0.15) is 35.7 Å². The van der Waals surface area contributed by atoms with E-state index in [1.165, 1.54) is 0 Å². The Morgan fingerprint density at radius 2 is 2.00 bits per heavy atom. The third-order valence-electron chi connectivity index (χ3n) is 3.27. The van der Waals surface area contributed by atoms with Gasteiger partial charge in [0, 0.05) is 18.2 Å². The maximum Gasteiger partial charge on any atom is 0.251 e. The molecule has 0 saturated carbocycles. The fraction of sp³-hybridized carbons (Fsp3) is 0.400. The van der Waals surface area contributed by atoms with Gasteiger partial charge in [-0.15, -0.1) is 0 Å². The molecule has 3 heteroatoms. The van der Waals surface area contributed by atoms with Crippen LogP contribution in [0.4, 0.5) is 0 Å². The van der Waals surface area contributed by atoms with Gasteiger partial charge in [-0.25, -0.2) is 0 Å². The van der Waals surface area contributed by atoms with Gasteiger partial charge in [0.1, 0.15) is 0 Å². The summed E-state index contributed by atoms with van der Waals surface area (Å²) in [5.74, 6) is 0.0111. The van der Waals surface area contributed by atoms with E-state index in [1.54, 1.807) is 0 Å². The zero-order valence-corrected chi connectivity index (χ0v) is 10.8. The molecule has 3 nitrogen and oxygen atoms in total. The van der Waals surface area contributed by atoms with E-state index in [0.29, 0.717) is 5.56 Å². The van der Waals surface area contributed by atoms with Crippen molar-refractivity contribution in [3.8, 4) is 0 Å². The van der Waals surface area contributed by atoms with Crippen molar-refractivity contribution in [2.75, 3.05) is 13.1 Å². The quantitative estimate of drug-likeness (QED) is 0.856. The zero-order chi connectivity index (χ0) is 13.0. The SMILES string of the molecule is C=C(C)c1ccc(C(=O)NC2CCCNC2)cc1. The number of amides is 1. The Hall–Kier alpha value is -1.61. The third kappa shape index (κ3) is 3.20. The Labute approximate surface area is 108 Å². The molecule has 1 saturated heterocycles. The van der Waals surface area contributed by atoms with Crippen LogP contribution in [0.2, 0.25) is 0 Å². The smallest absolute Gasteiger partial charge is 0.251 e. The number of hydrogen-bond donors (Lipinski definition) is 2. The monoisotopic (exact) mass is 244 g/mol. The molecule has 0 aromatic heterocycles. The highest BCUT2D eigenvalue weighted by Crippen LogP contribution is 2.12. The number of benzene rings is 1. The summed E-state index contributed by atoms with van der Waals surface area (Å²) in [5, 5.41) is 6.35. The normalized spacial score (nSPS) is 19.3. The molecule has 96 valence electrons. The summed E-state index contributed by atoms with van der Waals surface area (Å²) in [6, 6.07) is 7.85. The van der Waals surface area contributed by atoms with E-state index in [1.807, 2.05) is 31.2 Å². The number of nitrogens with one attached hydrogen (secondary N) is 2. The van der Waals surface area contributed by atoms with Gasteiger partial charge in [0.25, 0.3) is 5.91 Å². The fourth-order valence-electron chi connectivity index (χ4n) is 2.15. The molecule has 1 atom stereocenters. The van der Waals surface area contributed by atoms with Crippen molar-refractivity contribution in [3.63, 3.8) is 0 Å². The highest BCUT2D eigenvalue weighted by molar-refractivity contribution is 5.94. The van der Waals surface area contributed by atoms with Crippen LogP contribution in [-0.2, 0) is 0 Å². The lowest BCUT2D eigenvalue weighted by atomic mass is 10.0. The lowest BCUT2D eigenvalue weighted by molar-refractivity contribution is 0.0930. The van der Waals surface area contributed by atoms with Crippen molar-refractivity contribution in [2.24, 2.45) is 0 Å². The summed E-state index contributed by atoms with van der Waals surface area (Å²) in [5.41, 5.74) is 2.80. The Kier molecular flexibility index (Phi) is 4.15. The van der Waals surface area contributed by atoms with Gasteiger partial charge >= 0.3 is 0 Å². The van der Waals surface area contributed by atoms with Crippen LogP contribution < -0.4 is 10.6 Å². The summed E-state index contributed by atoms with van der Waals surface area (Å²) < 4.78 is 0. The molecule has 1 aliphatic heterocycles. The van der Waals surface area contributed by atoms with Crippen LogP contribution >= 0.6 is 0 Å². The topological polar surface area (TPSA) is 41.1 Å². The summed E-state index contributed by atoms with van der Waals surface area (Å²) in [7, 11) is 0. The predicted octanol–water partition coefficient (Wildman–Crippen LogP) is 2.20. The average molecular weight is 244 g/mol. The van der Waals surface area contributed by atoms with Crippen molar-refractivity contribution in [2.45, 2.75) is 25.8 Å². The average Bonchev–Trinajstić information content (AvgIpc) is 2.40. The van der Waals surface area contributed by atoms with Crippen LogP contribution in [0.5, 0.6) is 0 Å². The predicted molar refractivity (Wildman–Crippen MR) is 74.5 cm³/mol. The van der Waals surface area contributed by atoms with Crippen molar-refractivity contribution in [1.29, 1.82) is 0 Å². The standard InChI is InChI=1S/C15H20N2O/c1-11(2)12-5-7-13(8-6-12)15(18)17-14-4-3-9-16-10-14/h5-8,14,16H,1,3-4,9-10H2,2H3,(H,17,18). The van der Waals surface area contributed by atoms with Crippen LogP contribution in [0, 0.1) is 0 Å². The molecule has 1 aromatic rings.